The summed E-state index contributed by atoms with van der Waals surface area (Å²) in [5.41, 5.74) is -0.389. The highest BCUT2D eigenvalue weighted by atomic mass is 35.5. The van der Waals surface area contributed by atoms with Gasteiger partial charge in [-0.2, -0.15) is 13.2 Å². The van der Waals surface area contributed by atoms with E-state index in [0.717, 1.165) is 12.1 Å². The van der Waals surface area contributed by atoms with Gasteiger partial charge in [0, 0.05) is 5.02 Å². The quantitative estimate of drug-likeness (QED) is 0.617. The first-order chi connectivity index (χ1) is 5.93. The maximum Gasteiger partial charge on any atom is 0.416 e. The Bertz CT molecular complexity index is 309. The van der Waals surface area contributed by atoms with E-state index in [4.69, 9.17) is 19.4 Å². The maximum atomic E-state index is 12.2. The average molecular weight is 204 g/mol. The normalized spacial score (nSPS) is 11.7. The van der Waals surface area contributed by atoms with Gasteiger partial charge in [-0.15, -0.1) is 0 Å². The number of hydrogen-bond acceptors (Lipinski definition) is 0. The zero-order chi connectivity index (χ0) is 10.1. The molecule has 0 nitrogen and oxygen atoms in total. The fourth-order valence-electron chi connectivity index (χ4n) is 0.932. The highest BCUT2D eigenvalue weighted by Gasteiger charge is 2.30. The van der Waals surface area contributed by atoms with Crippen molar-refractivity contribution in [3.8, 4) is 0 Å². The molecule has 0 aliphatic heterocycles. The van der Waals surface area contributed by atoms with Crippen LogP contribution >= 0.6 is 11.6 Å². The van der Waals surface area contributed by atoms with Crippen LogP contribution in [0.25, 0.3) is 0 Å². The third-order valence-corrected chi connectivity index (χ3v) is 1.74. The third-order valence-electron chi connectivity index (χ3n) is 1.52. The van der Waals surface area contributed by atoms with Crippen LogP contribution in [0.2, 0.25) is 5.02 Å². The number of halogens is 4. The molecule has 0 saturated heterocycles. The second-order valence-electron chi connectivity index (χ2n) is 2.55. The van der Waals surface area contributed by atoms with E-state index in [2.05, 4.69) is 0 Å². The standard InChI is InChI=1S/C8H5BClF3/c9-4-5-1-6(8(11,12)13)3-7(10)2-5/h1-3H,4H2. The van der Waals surface area contributed by atoms with Crippen LogP contribution in [0, 0.1) is 0 Å². The Morgan fingerprint density at radius 2 is 1.85 bits per heavy atom. The van der Waals surface area contributed by atoms with Gasteiger partial charge in [0.05, 0.1) is 13.4 Å². The molecule has 0 aromatic heterocycles. The molecule has 1 aromatic carbocycles. The Morgan fingerprint density at radius 3 is 2.31 bits per heavy atom. The monoisotopic (exact) mass is 204 g/mol. The van der Waals surface area contributed by atoms with Crippen molar-refractivity contribution in [3.05, 3.63) is 34.3 Å². The van der Waals surface area contributed by atoms with Crippen LogP contribution in [0.1, 0.15) is 11.1 Å². The van der Waals surface area contributed by atoms with Crippen molar-refractivity contribution in [2.75, 3.05) is 0 Å². The number of rotatable bonds is 1. The topological polar surface area (TPSA) is 0 Å². The lowest BCUT2D eigenvalue weighted by Crippen LogP contribution is -2.05. The average Bonchev–Trinajstić information content (AvgIpc) is 2.01. The van der Waals surface area contributed by atoms with Crippen molar-refractivity contribution in [3.63, 3.8) is 0 Å². The van der Waals surface area contributed by atoms with Crippen molar-refractivity contribution in [2.24, 2.45) is 0 Å². The van der Waals surface area contributed by atoms with Gasteiger partial charge in [-0.25, -0.2) is 0 Å². The minimum atomic E-state index is -4.37. The van der Waals surface area contributed by atoms with E-state index >= 15 is 0 Å². The van der Waals surface area contributed by atoms with Crippen LogP contribution in [0.3, 0.4) is 0 Å². The Morgan fingerprint density at radius 1 is 1.23 bits per heavy atom. The molecule has 0 aliphatic rings. The molecule has 2 radical (unpaired) electrons. The largest absolute Gasteiger partial charge is 0.416 e. The molecule has 0 atom stereocenters. The number of hydrogen-bond donors (Lipinski definition) is 0. The molecule has 0 aliphatic carbocycles. The van der Waals surface area contributed by atoms with Crippen molar-refractivity contribution in [1.29, 1.82) is 0 Å². The van der Waals surface area contributed by atoms with Gasteiger partial charge in [-0.1, -0.05) is 23.5 Å². The van der Waals surface area contributed by atoms with Crippen LogP contribution < -0.4 is 0 Å². The SMILES string of the molecule is [B]Cc1cc(Cl)cc(C(F)(F)F)c1. The van der Waals surface area contributed by atoms with E-state index in [-0.39, 0.29) is 11.3 Å². The van der Waals surface area contributed by atoms with Crippen LogP contribution in [0.5, 0.6) is 0 Å². The van der Waals surface area contributed by atoms with Crippen molar-refractivity contribution in [1.82, 2.24) is 0 Å². The van der Waals surface area contributed by atoms with Crippen molar-refractivity contribution < 1.29 is 13.2 Å². The van der Waals surface area contributed by atoms with E-state index in [1.54, 1.807) is 0 Å². The molecule has 0 spiro atoms. The summed E-state index contributed by atoms with van der Waals surface area (Å²) >= 11 is 5.48. The van der Waals surface area contributed by atoms with Gasteiger partial charge in [-0.05, 0) is 18.2 Å². The van der Waals surface area contributed by atoms with Gasteiger partial charge in [0.25, 0.3) is 0 Å². The Kier molecular flexibility index (Phi) is 2.91. The summed E-state index contributed by atoms with van der Waals surface area (Å²) in [5, 5.41) is 0.0512. The summed E-state index contributed by atoms with van der Waals surface area (Å²) in [4.78, 5) is 0. The van der Waals surface area contributed by atoms with E-state index in [1.165, 1.54) is 6.07 Å². The van der Waals surface area contributed by atoms with Gasteiger partial charge in [0.1, 0.15) is 0 Å². The minimum Gasteiger partial charge on any atom is -0.166 e. The molecule has 13 heavy (non-hydrogen) atoms. The fraction of sp³-hybridized carbons (Fsp3) is 0.250. The van der Waals surface area contributed by atoms with Gasteiger partial charge in [0.2, 0.25) is 0 Å². The molecule has 0 heterocycles. The van der Waals surface area contributed by atoms with Crippen molar-refractivity contribution >= 4 is 19.4 Å². The lowest BCUT2D eigenvalue weighted by molar-refractivity contribution is -0.137. The zero-order valence-electron chi connectivity index (χ0n) is 6.53. The van der Waals surface area contributed by atoms with Crippen molar-refractivity contribution in [2.45, 2.75) is 12.5 Å². The zero-order valence-corrected chi connectivity index (χ0v) is 7.28. The molecule has 0 N–H and O–H groups in total. The molecular formula is C8H5BClF3. The smallest absolute Gasteiger partial charge is 0.166 e. The Labute approximate surface area is 80.1 Å². The van der Waals surface area contributed by atoms with Gasteiger partial charge < -0.3 is 0 Å². The Balaban J connectivity index is 3.16. The first-order valence-electron chi connectivity index (χ1n) is 3.50. The summed E-state index contributed by atoms with van der Waals surface area (Å²) in [6.07, 6.45) is -4.32. The fourth-order valence-corrected chi connectivity index (χ4v) is 1.19. The number of alkyl halides is 3. The van der Waals surface area contributed by atoms with Crippen LogP contribution in [0.15, 0.2) is 18.2 Å². The summed E-state index contributed by atoms with van der Waals surface area (Å²) in [6, 6.07) is 3.28. The Hall–Kier alpha value is -0.635. The molecule has 1 rings (SSSR count). The summed E-state index contributed by atoms with van der Waals surface area (Å²) in [7, 11) is 5.20. The first kappa shape index (κ1) is 10.4. The first-order valence-corrected chi connectivity index (χ1v) is 3.88. The number of benzene rings is 1. The second-order valence-corrected chi connectivity index (χ2v) is 2.99. The van der Waals surface area contributed by atoms with E-state index in [9.17, 15) is 13.2 Å². The lowest BCUT2D eigenvalue weighted by atomic mass is 9.95. The third kappa shape index (κ3) is 2.66. The highest BCUT2D eigenvalue weighted by molar-refractivity contribution is 6.30. The molecule has 0 bridgehead atoms. The van der Waals surface area contributed by atoms with E-state index < -0.39 is 11.7 Å². The highest BCUT2D eigenvalue weighted by Crippen LogP contribution is 2.31. The maximum absolute atomic E-state index is 12.2. The molecule has 0 saturated carbocycles. The van der Waals surface area contributed by atoms with Crippen LogP contribution in [-0.4, -0.2) is 7.85 Å². The van der Waals surface area contributed by atoms with Crippen LogP contribution in [-0.2, 0) is 12.5 Å². The summed E-state index contributed by atoms with van der Waals surface area (Å²) in [5.74, 6) is 0. The van der Waals surface area contributed by atoms with E-state index in [1.807, 2.05) is 0 Å². The molecule has 1 aromatic rings. The molecular weight excluding hydrogens is 199 g/mol. The molecule has 68 valence electrons. The predicted octanol–water partition coefficient (Wildman–Crippen LogP) is 3.03. The van der Waals surface area contributed by atoms with Gasteiger partial charge >= 0.3 is 6.18 Å². The predicted molar refractivity (Wildman–Crippen MR) is 45.9 cm³/mol. The lowest BCUT2D eigenvalue weighted by Gasteiger charge is -2.08. The van der Waals surface area contributed by atoms with Gasteiger partial charge in [0.15, 0.2) is 0 Å². The summed E-state index contributed by atoms with van der Waals surface area (Å²) < 4.78 is 36.6. The second kappa shape index (κ2) is 3.62. The molecule has 0 fully saturated rings. The summed E-state index contributed by atoms with van der Waals surface area (Å²) in [6.45, 7) is 0. The molecule has 0 unspecified atom stereocenters. The van der Waals surface area contributed by atoms with Gasteiger partial charge in [-0.3, -0.25) is 0 Å². The minimum absolute atomic E-state index is 0.0453. The molecule has 5 heteroatoms. The molecule has 0 amide bonds. The van der Waals surface area contributed by atoms with E-state index in [0.29, 0.717) is 5.56 Å². The van der Waals surface area contributed by atoms with Crippen LogP contribution in [0.4, 0.5) is 13.2 Å².